The van der Waals surface area contributed by atoms with Crippen LogP contribution in [0.3, 0.4) is 0 Å². The average Bonchev–Trinajstić information content (AvgIpc) is 3.27. The Kier molecular flexibility index (Phi) is 27.0. The second-order valence-electron chi connectivity index (χ2n) is 15.9. The molecule has 0 aliphatic heterocycles. The molecule has 380 valence electrons. The minimum atomic E-state index is -1.73. The second-order valence-corrected chi connectivity index (χ2v) is 16.9. The maximum atomic E-state index is 13.7. The number of primary amides is 1. The van der Waals surface area contributed by atoms with Crippen LogP contribution < -0.4 is 59.3 Å². The summed E-state index contributed by atoms with van der Waals surface area (Å²) in [5, 5.41) is 59.8. The Bertz CT molecular complexity index is 1910. The molecule has 0 bridgehead atoms. The zero-order valence-corrected chi connectivity index (χ0v) is 39.2. The van der Waals surface area contributed by atoms with Crippen molar-refractivity contribution in [2.75, 3.05) is 38.3 Å². The van der Waals surface area contributed by atoms with Crippen molar-refractivity contribution in [2.45, 2.75) is 108 Å². The predicted molar refractivity (Wildman–Crippen MR) is 243 cm³/mol. The van der Waals surface area contributed by atoms with Gasteiger partial charge in [0.15, 0.2) is 0 Å². The topological polar surface area (TPSA) is 429 Å². The molecule has 1 aromatic rings. The van der Waals surface area contributed by atoms with Crippen LogP contribution in [-0.4, -0.2) is 178 Å². The van der Waals surface area contributed by atoms with Gasteiger partial charge in [-0.05, 0) is 50.2 Å². The minimum absolute atomic E-state index is 0.0206. The summed E-state index contributed by atoms with van der Waals surface area (Å²) in [6.45, 7) is 2.38. The number of rotatable bonds is 31. The van der Waals surface area contributed by atoms with E-state index < -0.39 is 152 Å². The summed E-state index contributed by atoms with van der Waals surface area (Å²) >= 11 is 1.46. The van der Waals surface area contributed by atoms with Gasteiger partial charge in [0.1, 0.15) is 42.3 Å². The van der Waals surface area contributed by atoms with E-state index in [1.807, 2.05) is 6.26 Å². The molecule has 0 unspecified atom stereocenters. The first-order chi connectivity index (χ1) is 31.9. The third-order valence-electron chi connectivity index (χ3n) is 9.57. The van der Waals surface area contributed by atoms with Gasteiger partial charge in [0.25, 0.3) is 0 Å². The monoisotopic (exact) mass is 983 g/mol. The van der Waals surface area contributed by atoms with E-state index in [0.29, 0.717) is 17.7 Å². The number of aliphatic hydroxyl groups excluding tert-OH is 3. The molecule has 0 fully saturated rings. The number of amides is 10. The number of hydrogen-bond donors (Lipinski definition) is 15. The quantitative estimate of drug-likeness (QED) is 0.0329. The molecule has 0 spiro atoms. The van der Waals surface area contributed by atoms with E-state index in [0.717, 1.165) is 6.92 Å². The highest BCUT2D eigenvalue weighted by atomic mass is 32.2. The number of aliphatic hydroxyl groups is 3. The molecule has 0 aliphatic carbocycles. The highest BCUT2D eigenvalue weighted by molar-refractivity contribution is 7.98. The molecule has 0 aliphatic rings. The Hall–Kier alpha value is -6.42. The van der Waals surface area contributed by atoms with Crippen LogP contribution >= 0.6 is 11.8 Å². The highest BCUT2D eigenvalue weighted by Gasteiger charge is 2.33. The molecule has 0 saturated carbocycles. The van der Waals surface area contributed by atoms with E-state index >= 15 is 0 Å². The van der Waals surface area contributed by atoms with Crippen molar-refractivity contribution >= 4 is 76.8 Å². The van der Waals surface area contributed by atoms with Gasteiger partial charge in [-0.1, -0.05) is 44.2 Å². The van der Waals surface area contributed by atoms with E-state index in [9.17, 15) is 73.2 Å². The van der Waals surface area contributed by atoms with Crippen LogP contribution in [0.15, 0.2) is 30.3 Å². The van der Waals surface area contributed by atoms with Crippen molar-refractivity contribution in [3.8, 4) is 0 Å². The van der Waals surface area contributed by atoms with Crippen LogP contribution in [0.2, 0.25) is 0 Å². The van der Waals surface area contributed by atoms with Gasteiger partial charge < -0.3 is 79.7 Å². The van der Waals surface area contributed by atoms with Crippen molar-refractivity contribution in [1.29, 1.82) is 0 Å². The molecule has 26 nitrogen and oxygen atoms in total. The molecule has 27 heteroatoms. The number of benzene rings is 1. The Balaban J connectivity index is 2.96. The number of aliphatic carboxylic acids is 1. The zero-order valence-electron chi connectivity index (χ0n) is 38.4. The molecule has 10 amide bonds. The molecule has 0 aromatic heterocycles. The number of nitrogens with one attached hydrogen (secondary N) is 9. The number of thioether (sulfide) groups is 1. The lowest BCUT2D eigenvalue weighted by Crippen LogP contribution is -2.60. The molecule has 1 aromatic carbocycles. The van der Waals surface area contributed by atoms with Gasteiger partial charge in [-0.3, -0.25) is 47.9 Å². The summed E-state index contributed by atoms with van der Waals surface area (Å²) in [6.07, 6.45) is -0.308. The van der Waals surface area contributed by atoms with Gasteiger partial charge in [0.05, 0.1) is 44.9 Å². The summed E-state index contributed by atoms with van der Waals surface area (Å²) < 4.78 is 0. The predicted octanol–water partition coefficient (Wildman–Crippen LogP) is -6.67. The van der Waals surface area contributed by atoms with E-state index in [2.05, 4.69) is 47.9 Å². The standard InChI is InChI=1S/C41H65N11O15S/c1-20(2)13-25(37(62)50-27(41(66)67)15-30(43)56)47-31(57)16-44-36(61)28(18-53)48-32(58)17-45-40(65)33(22(4)55)52-38(63)26(14-23-9-7-6-8-10-23)49-34(59)21(3)46-39(64)29(19-54)51-35(60)24(42)11-12-68-5/h6-10,20-22,24-29,33,53-55H,11-19,42H2,1-5H3,(H2,43,56)(H,44,61)(H,45,65)(H,46,64)(H,47,57)(H,48,58)(H,49,59)(H,50,62)(H,51,60)(H,52,63)(H,66,67)/t21-,22+,24-,25-,26-,27-,28-,29-,33-/m0/s1. The normalized spacial score (nSPS) is 14.9. The van der Waals surface area contributed by atoms with Gasteiger partial charge in [0.2, 0.25) is 59.1 Å². The number of carbonyl (C=O) groups excluding carboxylic acids is 10. The molecule has 68 heavy (non-hydrogen) atoms. The molecule has 0 heterocycles. The largest absolute Gasteiger partial charge is 0.480 e. The summed E-state index contributed by atoms with van der Waals surface area (Å²) in [7, 11) is 0. The Morgan fingerprint density at radius 3 is 1.63 bits per heavy atom. The molecular weight excluding hydrogens is 919 g/mol. The third-order valence-corrected chi connectivity index (χ3v) is 10.2. The maximum absolute atomic E-state index is 13.7. The molecule has 17 N–H and O–H groups in total. The fourth-order valence-corrected chi connectivity index (χ4v) is 6.36. The smallest absolute Gasteiger partial charge is 0.326 e. The van der Waals surface area contributed by atoms with Crippen LogP contribution in [0.5, 0.6) is 0 Å². The van der Waals surface area contributed by atoms with Crippen LogP contribution in [0, 0.1) is 5.92 Å². The van der Waals surface area contributed by atoms with Crippen LogP contribution in [0.1, 0.15) is 52.5 Å². The number of nitrogens with two attached hydrogens (primary N) is 2. The highest BCUT2D eigenvalue weighted by Crippen LogP contribution is 2.08. The van der Waals surface area contributed by atoms with E-state index in [-0.39, 0.29) is 18.8 Å². The summed E-state index contributed by atoms with van der Waals surface area (Å²) in [6, 6.07) is -3.24. The van der Waals surface area contributed by atoms with Gasteiger partial charge in [0, 0.05) is 6.42 Å². The number of hydrogen-bond acceptors (Lipinski definition) is 16. The van der Waals surface area contributed by atoms with Crippen molar-refractivity contribution in [2.24, 2.45) is 17.4 Å². The molecule has 9 atom stereocenters. The second kappa shape index (κ2) is 30.8. The lowest BCUT2D eigenvalue weighted by Gasteiger charge is -2.26. The Labute approximate surface area is 396 Å². The number of carboxylic acids is 1. The number of carboxylic acid groups (broad SMARTS) is 1. The first-order valence-corrected chi connectivity index (χ1v) is 22.7. The van der Waals surface area contributed by atoms with Gasteiger partial charge in [-0.15, -0.1) is 0 Å². The van der Waals surface area contributed by atoms with Crippen molar-refractivity contribution in [1.82, 2.24) is 47.9 Å². The Morgan fingerprint density at radius 1 is 0.618 bits per heavy atom. The van der Waals surface area contributed by atoms with Crippen LogP contribution in [-0.2, 0) is 59.2 Å². The molecule has 0 saturated heterocycles. The fraction of sp³-hybridized carbons (Fsp3) is 0.585. The average molecular weight is 984 g/mol. The lowest BCUT2D eigenvalue weighted by molar-refractivity contribution is -0.143. The summed E-state index contributed by atoms with van der Waals surface area (Å²) in [4.78, 5) is 139. The molecular formula is C41H65N11O15S. The van der Waals surface area contributed by atoms with Gasteiger partial charge in [-0.2, -0.15) is 11.8 Å². The minimum Gasteiger partial charge on any atom is -0.480 e. The first-order valence-electron chi connectivity index (χ1n) is 21.3. The third kappa shape index (κ3) is 22.4. The van der Waals surface area contributed by atoms with Crippen molar-refractivity contribution in [3.63, 3.8) is 0 Å². The molecule has 0 radical (unpaired) electrons. The maximum Gasteiger partial charge on any atom is 0.326 e. The Morgan fingerprint density at radius 2 is 1.12 bits per heavy atom. The van der Waals surface area contributed by atoms with Gasteiger partial charge in [-0.25, -0.2) is 4.79 Å². The zero-order chi connectivity index (χ0) is 51.7. The first kappa shape index (κ1) is 59.6. The van der Waals surface area contributed by atoms with Crippen molar-refractivity contribution in [3.05, 3.63) is 35.9 Å². The van der Waals surface area contributed by atoms with Gasteiger partial charge >= 0.3 is 5.97 Å². The van der Waals surface area contributed by atoms with Crippen molar-refractivity contribution < 1.29 is 73.2 Å². The SMILES string of the molecule is CSCC[C@H](N)C(=O)N[C@@H](CO)C(=O)N[C@@H](C)C(=O)N[C@@H](Cc1ccccc1)C(=O)N[C@H](C(=O)NCC(=O)N[C@@H](CO)C(=O)NCC(=O)N[C@@H](CC(C)C)C(=O)N[C@@H](CC(N)=O)C(=O)O)[C@@H](C)O. The van der Waals surface area contributed by atoms with E-state index in [1.54, 1.807) is 44.2 Å². The number of carbonyl (C=O) groups is 11. The lowest BCUT2D eigenvalue weighted by atomic mass is 10.0. The van der Waals surface area contributed by atoms with E-state index in [1.165, 1.54) is 18.7 Å². The summed E-state index contributed by atoms with van der Waals surface area (Å²) in [5.74, 6) is -10.7. The molecule has 1 rings (SSSR count). The van der Waals surface area contributed by atoms with E-state index in [4.69, 9.17) is 11.5 Å². The fourth-order valence-electron chi connectivity index (χ4n) is 5.87. The van der Waals surface area contributed by atoms with Crippen LogP contribution in [0.25, 0.3) is 0 Å². The van der Waals surface area contributed by atoms with Crippen LogP contribution in [0.4, 0.5) is 0 Å². The summed E-state index contributed by atoms with van der Waals surface area (Å²) in [5.41, 5.74) is 11.4.